The van der Waals surface area contributed by atoms with Crippen molar-refractivity contribution in [3.8, 4) is 0 Å². The largest absolute Gasteiger partial charge is 0.327 e. The second-order valence-electron chi connectivity index (χ2n) is 6.47. The third-order valence-corrected chi connectivity index (χ3v) is 6.94. The lowest BCUT2D eigenvalue weighted by atomic mass is 9.99. The first-order valence-electron chi connectivity index (χ1n) is 8.36. The van der Waals surface area contributed by atoms with Gasteiger partial charge in [-0.15, -0.1) is 35.1 Å². The molecule has 0 saturated carbocycles. The summed E-state index contributed by atoms with van der Waals surface area (Å²) in [4.78, 5) is 20.6. The van der Waals surface area contributed by atoms with Gasteiger partial charge in [-0.25, -0.2) is 4.98 Å². The number of anilines is 1. The second-order valence-corrected chi connectivity index (χ2v) is 8.69. The smallest absolute Gasteiger partial charge is 0.267 e. The minimum absolute atomic E-state index is 0. The third kappa shape index (κ3) is 3.67. The minimum atomic E-state index is -0.0153. The first-order valence-corrected chi connectivity index (χ1v) is 9.99. The first-order chi connectivity index (χ1) is 11.2. The fraction of sp³-hybridized carbons (Fsp3) is 0.529. The molecule has 0 spiro atoms. The lowest BCUT2D eigenvalue weighted by Gasteiger charge is -2.15. The van der Waals surface area contributed by atoms with Gasteiger partial charge in [0.05, 0.1) is 10.6 Å². The lowest BCUT2D eigenvalue weighted by molar-refractivity contribution is 0.103. The third-order valence-electron chi connectivity index (χ3n) is 4.67. The Morgan fingerprint density at radius 3 is 2.88 bits per heavy atom. The van der Waals surface area contributed by atoms with Crippen LogP contribution in [0.1, 0.15) is 56.4 Å². The summed E-state index contributed by atoms with van der Waals surface area (Å²) in [5, 5.41) is 3.71. The summed E-state index contributed by atoms with van der Waals surface area (Å²) < 4.78 is 0. The summed E-state index contributed by atoms with van der Waals surface area (Å²) in [5.74, 6) is -0.0153. The number of aryl methyl sites for hydroxylation is 3. The molecule has 2 aliphatic carbocycles. The average molecular weight is 384 g/mol. The predicted octanol–water partition coefficient (Wildman–Crippen LogP) is 3.96. The van der Waals surface area contributed by atoms with E-state index in [-0.39, 0.29) is 24.4 Å². The summed E-state index contributed by atoms with van der Waals surface area (Å²) in [6, 6.07) is 2.32. The topological polar surface area (TPSA) is 68.0 Å². The number of carbonyl (C=O) groups excluding carboxylic acids is 1. The molecular weight excluding hydrogens is 362 g/mol. The van der Waals surface area contributed by atoms with E-state index < -0.39 is 0 Å². The molecule has 0 unspecified atom stereocenters. The minimum Gasteiger partial charge on any atom is -0.327 e. The van der Waals surface area contributed by atoms with E-state index >= 15 is 0 Å². The van der Waals surface area contributed by atoms with Crippen LogP contribution in [0.15, 0.2) is 6.07 Å². The zero-order valence-corrected chi connectivity index (χ0v) is 15.9. The van der Waals surface area contributed by atoms with E-state index in [1.54, 1.807) is 22.7 Å². The normalized spacial score (nSPS) is 19.6. The summed E-state index contributed by atoms with van der Waals surface area (Å²) in [7, 11) is 0. The van der Waals surface area contributed by atoms with E-state index in [0.29, 0.717) is 0 Å². The van der Waals surface area contributed by atoms with Crippen LogP contribution in [0.2, 0.25) is 0 Å². The molecule has 4 nitrogen and oxygen atoms in total. The number of nitrogens with one attached hydrogen (secondary N) is 1. The Balaban J connectivity index is 0.00000169. The fourth-order valence-electron chi connectivity index (χ4n) is 3.39. The Morgan fingerprint density at radius 1 is 1.17 bits per heavy atom. The molecule has 0 aromatic carbocycles. The van der Waals surface area contributed by atoms with Gasteiger partial charge in [0.2, 0.25) is 0 Å². The highest BCUT2D eigenvalue weighted by atomic mass is 35.5. The van der Waals surface area contributed by atoms with E-state index in [4.69, 9.17) is 5.73 Å². The van der Waals surface area contributed by atoms with Gasteiger partial charge < -0.3 is 5.73 Å². The van der Waals surface area contributed by atoms with Gasteiger partial charge in [0.25, 0.3) is 5.91 Å². The maximum Gasteiger partial charge on any atom is 0.267 e. The van der Waals surface area contributed by atoms with Crippen molar-refractivity contribution in [2.75, 3.05) is 5.32 Å². The average Bonchev–Trinajstić information content (AvgIpc) is 3.04. The lowest BCUT2D eigenvalue weighted by Crippen LogP contribution is -2.26. The van der Waals surface area contributed by atoms with Crippen LogP contribution in [0.3, 0.4) is 0 Å². The molecule has 130 valence electrons. The number of carbonyl (C=O) groups is 1. The standard InChI is InChI=1S/C17H21N3OS2.ClH/c18-11-6-7-12-14(9-11)23-17(19-12)20-16(21)15-8-10-4-2-1-3-5-13(10)22-15;/h8,11H,1-7,9,18H2,(H,19,20,21);1H/t11-;/m0./s1. The van der Waals surface area contributed by atoms with Crippen LogP contribution in [0.25, 0.3) is 0 Å². The van der Waals surface area contributed by atoms with Crippen molar-refractivity contribution in [3.05, 3.63) is 32.0 Å². The first kappa shape index (κ1) is 17.9. The maximum absolute atomic E-state index is 12.5. The summed E-state index contributed by atoms with van der Waals surface area (Å²) >= 11 is 3.24. The van der Waals surface area contributed by atoms with Gasteiger partial charge in [-0.1, -0.05) is 6.42 Å². The molecule has 3 N–H and O–H groups in total. The Bertz CT molecular complexity index is 717. The van der Waals surface area contributed by atoms with E-state index in [1.165, 1.54) is 34.6 Å². The molecule has 2 heterocycles. The van der Waals surface area contributed by atoms with Crippen molar-refractivity contribution in [2.24, 2.45) is 5.73 Å². The van der Waals surface area contributed by atoms with Crippen LogP contribution in [-0.4, -0.2) is 16.9 Å². The molecule has 0 fully saturated rings. The number of hydrogen-bond acceptors (Lipinski definition) is 5. The molecule has 0 radical (unpaired) electrons. The number of amides is 1. The number of nitrogens with zero attached hydrogens (tertiary/aromatic N) is 1. The Kier molecular flexibility index (Phi) is 5.59. The van der Waals surface area contributed by atoms with Gasteiger partial charge in [0, 0.05) is 15.8 Å². The molecule has 4 rings (SSSR count). The highest BCUT2D eigenvalue weighted by Gasteiger charge is 2.22. The number of thiazole rings is 1. The number of fused-ring (bicyclic) bond motifs is 2. The van der Waals surface area contributed by atoms with E-state index in [2.05, 4.69) is 16.4 Å². The van der Waals surface area contributed by atoms with Crippen LogP contribution in [0.4, 0.5) is 5.13 Å². The Labute approximate surface area is 156 Å². The van der Waals surface area contributed by atoms with Crippen molar-refractivity contribution in [1.82, 2.24) is 4.98 Å². The molecule has 1 atom stereocenters. The van der Waals surface area contributed by atoms with Crippen LogP contribution >= 0.6 is 35.1 Å². The molecule has 0 bridgehead atoms. The molecule has 24 heavy (non-hydrogen) atoms. The van der Waals surface area contributed by atoms with Gasteiger partial charge in [-0.3, -0.25) is 10.1 Å². The van der Waals surface area contributed by atoms with Gasteiger partial charge in [-0.2, -0.15) is 0 Å². The van der Waals surface area contributed by atoms with Crippen LogP contribution in [0, 0.1) is 0 Å². The van der Waals surface area contributed by atoms with Crippen LogP contribution in [-0.2, 0) is 25.7 Å². The zero-order valence-electron chi connectivity index (χ0n) is 13.5. The second kappa shape index (κ2) is 7.52. The number of halogens is 1. The van der Waals surface area contributed by atoms with Crippen molar-refractivity contribution >= 4 is 46.1 Å². The van der Waals surface area contributed by atoms with E-state index in [1.807, 2.05) is 0 Å². The van der Waals surface area contributed by atoms with Crippen LogP contribution < -0.4 is 11.1 Å². The quantitative estimate of drug-likeness (QED) is 0.771. The molecule has 1 amide bonds. The van der Waals surface area contributed by atoms with E-state index in [9.17, 15) is 4.79 Å². The predicted molar refractivity (Wildman–Crippen MR) is 103 cm³/mol. The Morgan fingerprint density at radius 2 is 2.00 bits per heavy atom. The molecular formula is C17H22ClN3OS2. The number of nitrogens with two attached hydrogens (primary N) is 1. The molecule has 2 aromatic heterocycles. The Hall–Kier alpha value is -0.950. The van der Waals surface area contributed by atoms with Gasteiger partial charge >= 0.3 is 0 Å². The molecule has 0 saturated heterocycles. The van der Waals surface area contributed by atoms with Crippen molar-refractivity contribution in [2.45, 2.75) is 57.4 Å². The molecule has 2 aromatic rings. The van der Waals surface area contributed by atoms with Crippen molar-refractivity contribution < 1.29 is 4.79 Å². The maximum atomic E-state index is 12.5. The van der Waals surface area contributed by atoms with Crippen molar-refractivity contribution in [1.29, 1.82) is 0 Å². The number of rotatable bonds is 2. The van der Waals surface area contributed by atoms with Gasteiger partial charge in [0.1, 0.15) is 0 Å². The van der Waals surface area contributed by atoms with Gasteiger partial charge in [0.15, 0.2) is 5.13 Å². The van der Waals surface area contributed by atoms with Gasteiger partial charge in [-0.05, 0) is 56.6 Å². The highest BCUT2D eigenvalue weighted by Crippen LogP contribution is 2.32. The molecule has 0 aliphatic heterocycles. The highest BCUT2D eigenvalue weighted by molar-refractivity contribution is 7.16. The number of thiophene rings is 1. The summed E-state index contributed by atoms with van der Waals surface area (Å²) in [5.41, 5.74) is 8.51. The molecule has 7 heteroatoms. The van der Waals surface area contributed by atoms with E-state index in [0.717, 1.165) is 47.8 Å². The fourth-order valence-corrected chi connectivity index (χ4v) is 5.64. The summed E-state index contributed by atoms with van der Waals surface area (Å²) in [6.45, 7) is 0. The monoisotopic (exact) mass is 383 g/mol. The molecule has 2 aliphatic rings. The van der Waals surface area contributed by atoms with Crippen LogP contribution in [0.5, 0.6) is 0 Å². The van der Waals surface area contributed by atoms with Crippen molar-refractivity contribution in [3.63, 3.8) is 0 Å². The zero-order chi connectivity index (χ0) is 15.8. The SMILES string of the molecule is Cl.N[C@H]1CCc2nc(NC(=O)c3cc4c(s3)CCCCC4)sc2C1. The number of aromatic nitrogens is 1. The number of hydrogen-bond donors (Lipinski definition) is 2. The summed E-state index contributed by atoms with van der Waals surface area (Å²) in [6.07, 6.45) is 8.82.